The zero-order valence-corrected chi connectivity index (χ0v) is 14.6. The van der Waals surface area contributed by atoms with Crippen LogP contribution in [0.3, 0.4) is 0 Å². The van der Waals surface area contributed by atoms with Crippen LogP contribution in [0.15, 0.2) is 65.4 Å². The molecule has 5 heteroatoms. The van der Waals surface area contributed by atoms with Crippen LogP contribution in [-0.2, 0) is 4.79 Å². The second-order valence-electron chi connectivity index (χ2n) is 5.38. The van der Waals surface area contributed by atoms with Gasteiger partial charge in [-0.25, -0.2) is 0 Å². The molecule has 1 aromatic heterocycles. The van der Waals surface area contributed by atoms with E-state index >= 15 is 0 Å². The summed E-state index contributed by atoms with van der Waals surface area (Å²) in [6.45, 7) is 1.47. The molecule has 24 heavy (non-hydrogen) atoms. The normalized spacial score (nSPS) is 10.4. The lowest BCUT2D eigenvalue weighted by atomic mass is 9.98. The second kappa shape index (κ2) is 6.84. The van der Waals surface area contributed by atoms with Crippen molar-refractivity contribution in [1.29, 1.82) is 0 Å². The number of aromatic nitrogens is 1. The van der Waals surface area contributed by atoms with E-state index < -0.39 is 0 Å². The molecule has 0 spiro atoms. The molecule has 0 fully saturated rings. The van der Waals surface area contributed by atoms with E-state index in [9.17, 15) is 9.59 Å². The smallest absolute Gasteiger partial charge is 0.221 e. The Hall–Kier alpha value is -2.66. The first-order chi connectivity index (χ1) is 11.5. The summed E-state index contributed by atoms with van der Waals surface area (Å²) in [5, 5.41) is 2.73. The van der Waals surface area contributed by atoms with Gasteiger partial charge in [0.15, 0.2) is 5.78 Å². The Bertz CT molecular complexity index is 880. The van der Waals surface area contributed by atoms with Gasteiger partial charge in [0.1, 0.15) is 0 Å². The molecule has 1 amide bonds. The molecule has 0 aliphatic carbocycles. The molecule has 3 rings (SSSR count). The first-order valence-corrected chi connectivity index (χ1v) is 8.19. The number of benzene rings is 2. The van der Waals surface area contributed by atoms with Crippen molar-refractivity contribution in [2.75, 3.05) is 5.32 Å². The first kappa shape index (κ1) is 16.2. The van der Waals surface area contributed by atoms with E-state index in [1.807, 2.05) is 36.4 Å². The molecule has 0 aliphatic rings. The highest BCUT2D eigenvalue weighted by molar-refractivity contribution is 9.10. The summed E-state index contributed by atoms with van der Waals surface area (Å²) in [6, 6.07) is 14.7. The topological polar surface area (TPSA) is 62.0 Å². The summed E-state index contributed by atoms with van der Waals surface area (Å²) in [7, 11) is 0. The van der Waals surface area contributed by atoms with Gasteiger partial charge in [0.2, 0.25) is 5.91 Å². The molecule has 120 valence electrons. The van der Waals surface area contributed by atoms with Gasteiger partial charge < -0.3 is 10.3 Å². The molecule has 0 unspecified atom stereocenters. The highest BCUT2D eigenvalue weighted by Gasteiger charge is 2.15. The minimum Gasteiger partial charge on any atom is -0.366 e. The third-order valence-corrected chi connectivity index (χ3v) is 4.14. The maximum Gasteiger partial charge on any atom is 0.221 e. The SMILES string of the molecule is CC(=O)Nc1ccc(-c2c[nH]cc2C(=O)c2ccc(Br)cc2)cc1. The maximum atomic E-state index is 12.7. The maximum absolute atomic E-state index is 12.7. The molecule has 4 nitrogen and oxygen atoms in total. The van der Waals surface area contributed by atoms with E-state index in [0.29, 0.717) is 11.1 Å². The number of aromatic amines is 1. The van der Waals surface area contributed by atoms with Crippen LogP contribution < -0.4 is 5.32 Å². The van der Waals surface area contributed by atoms with Gasteiger partial charge in [-0.2, -0.15) is 0 Å². The Balaban J connectivity index is 1.91. The van der Waals surface area contributed by atoms with Crippen molar-refractivity contribution < 1.29 is 9.59 Å². The van der Waals surface area contributed by atoms with Crippen molar-refractivity contribution in [1.82, 2.24) is 4.98 Å². The van der Waals surface area contributed by atoms with Crippen molar-refractivity contribution in [2.45, 2.75) is 6.92 Å². The van der Waals surface area contributed by atoms with Crippen LogP contribution in [0.5, 0.6) is 0 Å². The van der Waals surface area contributed by atoms with E-state index in [-0.39, 0.29) is 11.7 Å². The molecule has 2 N–H and O–H groups in total. The first-order valence-electron chi connectivity index (χ1n) is 7.39. The van der Waals surface area contributed by atoms with E-state index in [2.05, 4.69) is 26.2 Å². The number of carbonyl (C=O) groups excluding carboxylic acids is 2. The van der Waals surface area contributed by atoms with E-state index in [4.69, 9.17) is 0 Å². The Morgan fingerprint density at radius 3 is 2.25 bits per heavy atom. The fraction of sp³-hybridized carbons (Fsp3) is 0.0526. The highest BCUT2D eigenvalue weighted by atomic mass is 79.9. The summed E-state index contributed by atoms with van der Waals surface area (Å²) in [6.07, 6.45) is 3.51. The van der Waals surface area contributed by atoms with E-state index in [1.54, 1.807) is 24.5 Å². The van der Waals surface area contributed by atoms with Crippen molar-refractivity contribution in [3.8, 4) is 11.1 Å². The average Bonchev–Trinajstić information content (AvgIpc) is 3.04. The standard InChI is InChI=1S/C19H15BrN2O2/c1-12(23)22-16-8-4-13(5-9-16)17-10-21-11-18(17)19(24)14-2-6-15(20)7-3-14/h2-11,21H,1H3,(H,22,23). The van der Waals surface area contributed by atoms with Crippen molar-refractivity contribution >= 4 is 33.3 Å². The number of ketones is 1. The van der Waals surface area contributed by atoms with E-state index in [0.717, 1.165) is 21.3 Å². The van der Waals surface area contributed by atoms with Crippen LogP contribution in [0, 0.1) is 0 Å². The molecular formula is C19H15BrN2O2. The number of anilines is 1. The predicted octanol–water partition coefficient (Wildman–Crippen LogP) is 4.63. The number of nitrogens with one attached hydrogen (secondary N) is 2. The number of amides is 1. The monoisotopic (exact) mass is 382 g/mol. The number of H-pyrrole nitrogens is 1. The summed E-state index contributed by atoms with van der Waals surface area (Å²) in [5.41, 5.74) is 3.71. The third-order valence-electron chi connectivity index (χ3n) is 3.61. The molecule has 0 radical (unpaired) electrons. The molecule has 0 saturated heterocycles. The van der Waals surface area contributed by atoms with Crippen molar-refractivity contribution in [2.24, 2.45) is 0 Å². The second-order valence-corrected chi connectivity index (χ2v) is 6.29. The van der Waals surface area contributed by atoms with Gasteiger partial charge in [-0.3, -0.25) is 9.59 Å². The van der Waals surface area contributed by atoms with Crippen molar-refractivity contribution in [3.05, 3.63) is 76.5 Å². The largest absolute Gasteiger partial charge is 0.366 e. The Morgan fingerprint density at radius 2 is 1.62 bits per heavy atom. The lowest BCUT2D eigenvalue weighted by Gasteiger charge is -2.06. The quantitative estimate of drug-likeness (QED) is 0.645. The van der Waals surface area contributed by atoms with Gasteiger partial charge in [-0.1, -0.05) is 28.1 Å². The lowest BCUT2D eigenvalue weighted by Crippen LogP contribution is -2.05. The van der Waals surface area contributed by atoms with Crippen LogP contribution in [0.4, 0.5) is 5.69 Å². The number of hydrogen-bond acceptors (Lipinski definition) is 2. The Labute approximate surface area is 148 Å². The van der Waals surface area contributed by atoms with Crippen molar-refractivity contribution in [3.63, 3.8) is 0 Å². The van der Waals surface area contributed by atoms with Gasteiger partial charge in [0, 0.05) is 46.2 Å². The Morgan fingerprint density at radius 1 is 0.958 bits per heavy atom. The Kier molecular flexibility index (Phi) is 4.62. The summed E-state index contributed by atoms with van der Waals surface area (Å²) < 4.78 is 0.932. The van der Waals surface area contributed by atoms with Gasteiger partial charge in [-0.05, 0) is 42.0 Å². The molecule has 2 aromatic carbocycles. The number of carbonyl (C=O) groups is 2. The summed E-state index contributed by atoms with van der Waals surface area (Å²) >= 11 is 3.37. The minimum atomic E-state index is -0.115. The van der Waals surface area contributed by atoms with Gasteiger partial charge in [0.05, 0.1) is 0 Å². The highest BCUT2D eigenvalue weighted by Crippen LogP contribution is 2.27. The predicted molar refractivity (Wildman–Crippen MR) is 98.1 cm³/mol. The van der Waals surface area contributed by atoms with E-state index in [1.165, 1.54) is 6.92 Å². The van der Waals surface area contributed by atoms with Crippen LogP contribution in [-0.4, -0.2) is 16.7 Å². The average molecular weight is 383 g/mol. The molecule has 0 atom stereocenters. The van der Waals surface area contributed by atoms with Crippen LogP contribution in [0.1, 0.15) is 22.8 Å². The summed E-state index contributed by atoms with van der Waals surface area (Å²) in [5.74, 6) is -0.153. The van der Waals surface area contributed by atoms with Crippen LogP contribution in [0.2, 0.25) is 0 Å². The van der Waals surface area contributed by atoms with Gasteiger partial charge in [-0.15, -0.1) is 0 Å². The molecular weight excluding hydrogens is 368 g/mol. The third kappa shape index (κ3) is 3.46. The fourth-order valence-corrected chi connectivity index (χ4v) is 2.75. The summed E-state index contributed by atoms with van der Waals surface area (Å²) in [4.78, 5) is 26.8. The molecule has 3 aromatic rings. The van der Waals surface area contributed by atoms with Crippen LogP contribution >= 0.6 is 15.9 Å². The molecule has 0 saturated carbocycles. The zero-order valence-electron chi connectivity index (χ0n) is 13.0. The molecule has 1 heterocycles. The number of halogens is 1. The lowest BCUT2D eigenvalue weighted by molar-refractivity contribution is -0.114. The van der Waals surface area contributed by atoms with Gasteiger partial charge in [0.25, 0.3) is 0 Å². The van der Waals surface area contributed by atoms with Gasteiger partial charge >= 0.3 is 0 Å². The zero-order chi connectivity index (χ0) is 17.1. The fourth-order valence-electron chi connectivity index (χ4n) is 2.48. The number of hydrogen-bond donors (Lipinski definition) is 2. The molecule has 0 aliphatic heterocycles. The minimum absolute atomic E-state index is 0.0373. The molecule has 0 bridgehead atoms. The van der Waals surface area contributed by atoms with Crippen LogP contribution in [0.25, 0.3) is 11.1 Å². The number of rotatable bonds is 4.